The SMILES string of the molecule is CCCCCCc1ccc(-c2ccc(-c3ccc(C=O)s3)s2)cc1. The molecule has 24 heavy (non-hydrogen) atoms. The van der Waals surface area contributed by atoms with Crippen molar-refractivity contribution in [3.05, 3.63) is 59.0 Å². The Morgan fingerprint density at radius 2 is 1.50 bits per heavy atom. The van der Waals surface area contributed by atoms with E-state index in [-0.39, 0.29) is 0 Å². The van der Waals surface area contributed by atoms with Gasteiger partial charge in [0.15, 0.2) is 6.29 Å². The second-order valence-corrected chi connectivity index (χ2v) is 8.19. The van der Waals surface area contributed by atoms with Crippen LogP contribution in [0.3, 0.4) is 0 Å². The predicted molar refractivity (Wildman–Crippen MR) is 106 cm³/mol. The lowest BCUT2D eigenvalue weighted by molar-refractivity contribution is 0.112. The van der Waals surface area contributed by atoms with Crippen molar-refractivity contribution in [2.75, 3.05) is 0 Å². The first kappa shape index (κ1) is 17.1. The Kier molecular flexibility index (Phi) is 6.00. The molecule has 1 nitrogen and oxygen atoms in total. The Labute approximate surface area is 152 Å². The van der Waals surface area contributed by atoms with Crippen LogP contribution in [0.15, 0.2) is 48.5 Å². The van der Waals surface area contributed by atoms with Crippen LogP contribution >= 0.6 is 22.7 Å². The van der Waals surface area contributed by atoms with E-state index in [1.807, 2.05) is 12.1 Å². The summed E-state index contributed by atoms with van der Waals surface area (Å²) in [7, 11) is 0. The molecular formula is C21H22OS2. The average Bonchev–Trinajstić information content (AvgIpc) is 3.28. The maximum atomic E-state index is 10.8. The van der Waals surface area contributed by atoms with E-state index in [1.54, 1.807) is 22.7 Å². The molecule has 0 atom stereocenters. The van der Waals surface area contributed by atoms with E-state index in [9.17, 15) is 4.79 Å². The maximum absolute atomic E-state index is 10.8. The minimum atomic E-state index is 0.785. The maximum Gasteiger partial charge on any atom is 0.160 e. The Hall–Kier alpha value is -1.71. The van der Waals surface area contributed by atoms with Crippen LogP contribution in [0.2, 0.25) is 0 Å². The summed E-state index contributed by atoms with van der Waals surface area (Å²) in [5.74, 6) is 0. The summed E-state index contributed by atoms with van der Waals surface area (Å²) in [6, 6.07) is 17.2. The highest BCUT2D eigenvalue weighted by Gasteiger charge is 2.07. The number of aldehydes is 1. The molecule has 0 aliphatic heterocycles. The van der Waals surface area contributed by atoms with Crippen molar-refractivity contribution in [3.63, 3.8) is 0 Å². The molecule has 3 heteroatoms. The van der Waals surface area contributed by atoms with Crippen molar-refractivity contribution in [1.82, 2.24) is 0 Å². The van der Waals surface area contributed by atoms with Crippen molar-refractivity contribution in [2.24, 2.45) is 0 Å². The van der Waals surface area contributed by atoms with Gasteiger partial charge >= 0.3 is 0 Å². The van der Waals surface area contributed by atoms with Gasteiger partial charge in [-0.05, 0) is 48.2 Å². The normalized spacial score (nSPS) is 10.9. The van der Waals surface area contributed by atoms with Crippen LogP contribution in [0.1, 0.15) is 47.8 Å². The van der Waals surface area contributed by atoms with Crippen molar-refractivity contribution in [3.8, 4) is 20.2 Å². The van der Waals surface area contributed by atoms with Gasteiger partial charge in [-0.3, -0.25) is 4.79 Å². The Bertz CT molecular complexity index is 780. The highest BCUT2D eigenvalue weighted by Crippen LogP contribution is 2.37. The van der Waals surface area contributed by atoms with Gasteiger partial charge in [-0.2, -0.15) is 0 Å². The van der Waals surface area contributed by atoms with Gasteiger partial charge in [-0.15, -0.1) is 22.7 Å². The third kappa shape index (κ3) is 4.22. The van der Waals surface area contributed by atoms with Crippen LogP contribution < -0.4 is 0 Å². The van der Waals surface area contributed by atoms with Gasteiger partial charge < -0.3 is 0 Å². The third-order valence-electron chi connectivity index (χ3n) is 4.15. The van der Waals surface area contributed by atoms with Gasteiger partial charge in [0.05, 0.1) is 4.88 Å². The minimum absolute atomic E-state index is 0.785. The predicted octanol–water partition coefficient (Wildman–Crippen LogP) is 7.08. The van der Waals surface area contributed by atoms with Crippen LogP contribution in [-0.2, 0) is 6.42 Å². The number of hydrogen-bond acceptors (Lipinski definition) is 3. The molecule has 2 heterocycles. The number of aryl methyl sites for hydroxylation is 1. The first-order valence-electron chi connectivity index (χ1n) is 8.54. The zero-order chi connectivity index (χ0) is 16.8. The molecule has 2 aromatic heterocycles. The fraction of sp³-hybridized carbons (Fsp3) is 0.286. The molecule has 3 rings (SSSR count). The number of carbonyl (C=O) groups excluding carboxylic acids is 1. The number of hydrogen-bond donors (Lipinski definition) is 0. The lowest BCUT2D eigenvalue weighted by Gasteiger charge is -2.03. The van der Waals surface area contributed by atoms with E-state index in [0.717, 1.165) is 11.2 Å². The van der Waals surface area contributed by atoms with Crippen LogP contribution in [0.5, 0.6) is 0 Å². The number of rotatable bonds is 8. The van der Waals surface area contributed by atoms with Crippen molar-refractivity contribution < 1.29 is 4.79 Å². The summed E-state index contributed by atoms with van der Waals surface area (Å²) in [5.41, 5.74) is 2.70. The number of unbranched alkanes of at least 4 members (excludes halogenated alkanes) is 3. The third-order valence-corrected chi connectivity index (χ3v) is 6.49. The average molecular weight is 355 g/mol. The van der Waals surface area contributed by atoms with E-state index in [0.29, 0.717) is 0 Å². The fourth-order valence-electron chi connectivity index (χ4n) is 2.77. The number of carbonyl (C=O) groups is 1. The Morgan fingerprint density at radius 3 is 2.21 bits per heavy atom. The molecule has 3 aromatic rings. The van der Waals surface area contributed by atoms with Crippen LogP contribution in [0.4, 0.5) is 0 Å². The zero-order valence-electron chi connectivity index (χ0n) is 14.0. The zero-order valence-corrected chi connectivity index (χ0v) is 15.6. The van der Waals surface area contributed by atoms with Crippen LogP contribution in [0.25, 0.3) is 20.2 Å². The van der Waals surface area contributed by atoms with Gasteiger partial charge in [-0.25, -0.2) is 0 Å². The second-order valence-electron chi connectivity index (χ2n) is 5.99. The Balaban J connectivity index is 1.67. The number of thiophene rings is 2. The monoisotopic (exact) mass is 354 g/mol. The van der Waals surface area contributed by atoms with Crippen molar-refractivity contribution in [2.45, 2.75) is 39.0 Å². The molecular weight excluding hydrogens is 332 g/mol. The molecule has 0 unspecified atom stereocenters. The standard InChI is InChI=1S/C21H22OS2/c1-2-3-4-5-6-16-7-9-17(10-8-16)19-13-14-21(24-19)20-12-11-18(15-22)23-20/h7-15H,2-6H2,1H3. The van der Waals surface area contributed by atoms with Gasteiger partial charge in [0.2, 0.25) is 0 Å². The molecule has 0 fully saturated rings. The quantitative estimate of drug-likeness (QED) is 0.312. The van der Waals surface area contributed by atoms with Gasteiger partial charge in [-0.1, -0.05) is 50.5 Å². The topological polar surface area (TPSA) is 17.1 Å². The molecule has 1 aromatic carbocycles. The molecule has 0 N–H and O–H groups in total. The summed E-state index contributed by atoms with van der Waals surface area (Å²) in [6.45, 7) is 2.25. The highest BCUT2D eigenvalue weighted by atomic mass is 32.1. The Morgan fingerprint density at radius 1 is 0.792 bits per heavy atom. The number of benzene rings is 1. The van der Waals surface area contributed by atoms with Gasteiger partial charge in [0.25, 0.3) is 0 Å². The summed E-state index contributed by atoms with van der Waals surface area (Å²) < 4.78 is 0. The highest BCUT2D eigenvalue weighted by molar-refractivity contribution is 7.24. The lowest BCUT2D eigenvalue weighted by Crippen LogP contribution is -1.85. The van der Waals surface area contributed by atoms with E-state index in [1.165, 1.54) is 57.9 Å². The van der Waals surface area contributed by atoms with E-state index >= 15 is 0 Å². The van der Waals surface area contributed by atoms with Crippen LogP contribution in [-0.4, -0.2) is 6.29 Å². The molecule has 0 amide bonds. The molecule has 0 saturated carbocycles. The van der Waals surface area contributed by atoms with Gasteiger partial charge in [0.1, 0.15) is 0 Å². The molecule has 0 bridgehead atoms. The fourth-order valence-corrected chi connectivity index (χ4v) is 4.69. The molecule has 0 aliphatic carbocycles. The summed E-state index contributed by atoms with van der Waals surface area (Å²) in [6.07, 6.45) is 7.34. The van der Waals surface area contributed by atoms with Crippen molar-refractivity contribution in [1.29, 1.82) is 0 Å². The summed E-state index contributed by atoms with van der Waals surface area (Å²) in [4.78, 5) is 15.3. The minimum Gasteiger partial charge on any atom is -0.297 e. The van der Waals surface area contributed by atoms with Crippen LogP contribution in [0, 0.1) is 0 Å². The molecule has 0 aliphatic rings. The first-order valence-corrected chi connectivity index (χ1v) is 10.2. The molecule has 124 valence electrons. The van der Waals surface area contributed by atoms with E-state index in [2.05, 4.69) is 43.3 Å². The van der Waals surface area contributed by atoms with E-state index < -0.39 is 0 Å². The summed E-state index contributed by atoms with van der Waals surface area (Å²) >= 11 is 3.34. The smallest absolute Gasteiger partial charge is 0.160 e. The molecule has 0 saturated heterocycles. The molecule has 0 spiro atoms. The molecule has 0 radical (unpaired) electrons. The van der Waals surface area contributed by atoms with Gasteiger partial charge in [0, 0.05) is 14.6 Å². The lowest BCUT2D eigenvalue weighted by atomic mass is 10.0. The largest absolute Gasteiger partial charge is 0.297 e. The van der Waals surface area contributed by atoms with Crippen molar-refractivity contribution >= 4 is 29.0 Å². The first-order chi connectivity index (χ1) is 11.8. The van der Waals surface area contributed by atoms with E-state index in [4.69, 9.17) is 0 Å². The summed E-state index contributed by atoms with van der Waals surface area (Å²) in [5, 5.41) is 0. The second kappa shape index (κ2) is 8.41.